The van der Waals surface area contributed by atoms with Gasteiger partial charge in [0.1, 0.15) is 18.5 Å². The summed E-state index contributed by atoms with van der Waals surface area (Å²) in [4.78, 5) is 7.20. The van der Waals surface area contributed by atoms with E-state index in [9.17, 15) is 0 Å². The van der Waals surface area contributed by atoms with Crippen molar-refractivity contribution in [3.63, 3.8) is 0 Å². The number of anilines is 1. The Hall–Kier alpha value is -1.81. The highest BCUT2D eigenvalue weighted by molar-refractivity contribution is 5.83. The summed E-state index contributed by atoms with van der Waals surface area (Å²) in [7, 11) is 0. The first kappa shape index (κ1) is 17.6. The Kier molecular flexibility index (Phi) is 5.03. The van der Waals surface area contributed by atoms with E-state index in [1.165, 1.54) is 61.2 Å². The van der Waals surface area contributed by atoms with Crippen molar-refractivity contribution in [3.8, 4) is 0 Å². The average Bonchev–Trinajstić information content (AvgIpc) is 2.62. The standard InChI is InChI=1S/C22H30N2O2/c1-4-20-22(23-15(2)3)26-19(14-25-20)13-16-11-17-7-5-9-24-10-6-8-18(12-16)21(17)24/h11-13,15,20H,4-10,14H2,1-3H3/b19-13+,23-22+. The van der Waals surface area contributed by atoms with Crippen molar-refractivity contribution in [2.24, 2.45) is 4.99 Å². The van der Waals surface area contributed by atoms with E-state index in [1.54, 1.807) is 0 Å². The number of aryl methyl sites for hydroxylation is 2. The SMILES string of the molecule is CCC1OC/C(=C\c2cc3c4c(c2)CCCN4CCC3)O/C1=N/C(C)C. The van der Waals surface area contributed by atoms with Gasteiger partial charge in [0.05, 0.1) is 0 Å². The van der Waals surface area contributed by atoms with E-state index < -0.39 is 0 Å². The summed E-state index contributed by atoms with van der Waals surface area (Å²) in [5, 5.41) is 0. The third-order valence-electron chi connectivity index (χ3n) is 5.38. The zero-order valence-corrected chi connectivity index (χ0v) is 16.3. The molecule has 1 saturated heterocycles. The second-order valence-corrected chi connectivity index (χ2v) is 7.86. The van der Waals surface area contributed by atoms with E-state index in [-0.39, 0.29) is 12.1 Å². The van der Waals surface area contributed by atoms with Crippen LogP contribution in [-0.4, -0.2) is 37.7 Å². The maximum atomic E-state index is 6.13. The average molecular weight is 354 g/mol. The van der Waals surface area contributed by atoms with E-state index in [1.807, 2.05) is 0 Å². The Bertz CT molecular complexity index is 705. The quantitative estimate of drug-likeness (QED) is 0.809. The molecular weight excluding hydrogens is 324 g/mol. The van der Waals surface area contributed by atoms with Crippen molar-refractivity contribution >= 4 is 17.7 Å². The normalized spacial score (nSPS) is 25.5. The molecule has 0 bridgehead atoms. The molecule has 1 aromatic carbocycles. The van der Waals surface area contributed by atoms with E-state index in [2.05, 4.69) is 48.9 Å². The van der Waals surface area contributed by atoms with Crippen molar-refractivity contribution in [1.29, 1.82) is 0 Å². The maximum absolute atomic E-state index is 6.13. The molecule has 0 N–H and O–H groups in total. The fourth-order valence-electron chi connectivity index (χ4n) is 4.31. The monoisotopic (exact) mass is 354 g/mol. The fourth-order valence-corrected chi connectivity index (χ4v) is 4.31. The van der Waals surface area contributed by atoms with Gasteiger partial charge in [-0.2, -0.15) is 0 Å². The van der Waals surface area contributed by atoms with Crippen LogP contribution in [0, 0.1) is 0 Å². The first-order valence-corrected chi connectivity index (χ1v) is 10.1. The van der Waals surface area contributed by atoms with Gasteiger partial charge in [0.15, 0.2) is 0 Å². The minimum atomic E-state index is -0.0206. The lowest BCUT2D eigenvalue weighted by atomic mass is 9.90. The molecule has 0 aliphatic carbocycles. The largest absolute Gasteiger partial charge is 0.442 e. The van der Waals surface area contributed by atoms with E-state index in [0.717, 1.165) is 18.1 Å². The molecule has 1 aromatic rings. The molecular formula is C22H30N2O2. The Labute approximate surface area is 156 Å². The van der Waals surface area contributed by atoms with E-state index in [4.69, 9.17) is 9.47 Å². The van der Waals surface area contributed by atoms with Gasteiger partial charge in [0, 0.05) is 24.8 Å². The smallest absolute Gasteiger partial charge is 0.219 e. The molecule has 1 unspecified atom stereocenters. The van der Waals surface area contributed by atoms with Gasteiger partial charge >= 0.3 is 0 Å². The lowest BCUT2D eigenvalue weighted by molar-refractivity contribution is 0.0489. The Morgan fingerprint density at radius 3 is 2.50 bits per heavy atom. The number of aliphatic imine (C=N–C) groups is 1. The highest BCUT2D eigenvalue weighted by Gasteiger charge is 2.26. The highest BCUT2D eigenvalue weighted by Crippen LogP contribution is 2.36. The summed E-state index contributed by atoms with van der Waals surface area (Å²) in [5.74, 6) is 1.59. The van der Waals surface area contributed by atoms with Crippen molar-refractivity contribution < 1.29 is 9.47 Å². The number of rotatable bonds is 3. The van der Waals surface area contributed by atoms with Gasteiger partial charge in [-0.15, -0.1) is 0 Å². The summed E-state index contributed by atoms with van der Waals surface area (Å²) in [6, 6.07) is 4.90. The third-order valence-corrected chi connectivity index (χ3v) is 5.38. The number of nitrogens with zero attached hydrogens (tertiary/aromatic N) is 2. The number of ether oxygens (including phenoxy) is 2. The zero-order chi connectivity index (χ0) is 18.1. The van der Waals surface area contributed by atoms with Gasteiger partial charge in [0.25, 0.3) is 0 Å². The third kappa shape index (κ3) is 3.52. The minimum absolute atomic E-state index is 0.0206. The van der Waals surface area contributed by atoms with Crippen LogP contribution in [-0.2, 0) is 22.3 Å². The molecule has 1 atom stereocenters. The summed E-state index contributed by atoms with van der Waals surface area (Å²) in [6.07, 6.45) is 7.90. The zero-order valence-electron chi connectivity index (χ0n) is 16.3. The van der Waals surface area contributed by atoms with Crippen LogP contribution in [0.5, 0.6) is 0 Å². The second-order valence-electron chi connectivity index (χ2n) is 7.86. The second kappa shape index (κ2) is 7.43. The molecule has 3 aliphatic rings. The van der Waals surface area contributed by atoms with E-state index in [0.29, 0.717) is 6.61 Å². The van der Waals surface area contributed by atoms with Crippen LogP contribution >= 0.6 is 0 Å². The molecule has 3 heterocycles. The first-order valence-electron chi connectivity index (χ1n) is 10.1. The molecule has 140 valence electrons. The van der Waals surface area contributed by atoms with Gasteiger partial charge in [0.2, 0.25) is 5.90 Å². The molecule has 3 aliphatic heterocycles. The molecule has 0 radical (unpaired) electrons. The lowest BCUT2D eigenvalue weighted by Crippen LogP contribution is -2.34. The Morgan fingerprint density at radius 2 is 1.88 bits per heavy atom. The van der Waals surface area contributed by atoms with Crippen molar-refractivity contribution in [2.45, 2.75) is 65.0 Å². The van der Waals surface area contributed by atoms with Crippen LogP contribution in [0.4, 0.5) is 5.69 Å². The van der Waals surface area contributed by atoms with Crippen LogP contribution in [0.25, 0.3) is 6.08 Å². The Balaban J connectivity index is 1.62. The summed E-state index contributed by atoms with van der Waals surface area (Å²) >= 11 is 0. The van der Waals surface area contributed by atoms with Crippen molar-refractivity contribution in [3.05, 3.63) is 34.6 Å². The number of benzene rings is 1. The molecule has 0 spiro atoms. The van der Waals surface area contributed by atoms with E-state index >= 15 is 0 Å². The molecule has 0 amide bonds. The van der Waals surface area contributed by atoms with Crippen LogP contribution in [0.2, 0.25) is 0 Å². The van der Waals surface area contributed by atoms with Crippen LogP contribution in [0.1, 0.15) is 56.7 Å². The fraction of sp³-hybridized carbons (Fsp3) is 0.591. The topological polar surface area (TPSA) is 34.1 Å². The molecule has 4 heteroatoms. The van der Waals surface area contributed by atoms with Crippen LogP contribution in [0.15, 0.2) is 22.9 Å². The predicted molar refractivity (Wildman–Crippen MR) is 107 cm³/mol. The molecule has 0 aromatic heterocycles. The van der Waals surface area contributed by atoms with Gasteiger partial charge in [-0.25, -0.2) is 0 Å². The van der Waals surface area contributed by atoms with Gasteiger partial charge in [-0.1, -0.05) is 6.92 Å². The molecule has 4 rings (SSSR count). The molecule has 1 fully saturated rings. The predicted octanol–water partition coefficient (Wildman–Crippen LogP) is 4.36. The highest BCUT2D eigenvalue weighted by atomic mass is 16.6. The lowest BCUT2D eigenvalue weighted by Gasteiger charge is -2.37. The van der Waals surface area contributed by atoms with Crippen molar-refractivity contribution in [2.75, 3.05) is 24.6 Å². The van der Waals surface area contributed by atoms with Gasteiger partial charge in [-0.05, 0) is 80.9 Å². The minimum Gasteiger partial charge on any atom is -0.442 e. The summed E-state index contributed by atoms with van der Waals surface area (Å²) in [6.45, 7) is 9.20. The molecule has 26 heavy (non-hydrogen) atoms. The van der Waals surface area contributed by atoms with Gasteiger partial charge in [-0.3, -0.25) is 4.99 Å². The number of hydrogen-bond acceptors (Lipinski definition) is 4. The Morgan fingerprint density at radius 1 is 1.19 bits per heavy atom. The summed E-state index contributed by atoms with van der Waals surface area (Å²) < 4.78 is 12.1. The molecule has 4 nitrogen and oxygen atoms in total. The molecule has 0 saturated carbocycles. The summed E-state index contributed by atoms with van der Waals surface area (Å²) in [5.41, 5.74) is 5.75. The van der Waals surface area contributed by atoms with Gasteiger partial charge < -0.3 is 14.4 Å². The van der Waals surface area contributed by atoms with Crippen LogP contribution < -0.4 is 4.90 Å². The number of hydrogen-bond donors (Lipinski definition) is 0. The maximum Gasteiger partial charge on any atom is 0.219 e. The van der Waals surface area contributed by atoms with Crippen LogP contribution in [0.3, 0.4) is 0 Å². The van der Waals surface area contributed by atoms with Crippen molar-refractivity contribution in [1.82, 2.24) is 0 Å². The first-order chi connectivity index (χ1) is 12.6.